The van der Waals surface area contributed by atoms with E-state index < -0.39 is 0 Å². The van der Waals surface area contributed by atoms with Gasteiger partial charge in [0, 0.05) is 36.5 Å². The van der Waals surface area contributed by atoms with Crippen molar-refractivity contribution < 1.29 is 0 Å². The number of aromatic nitrogens is 3. The normalized spacial score (nSPS) is 12.2. The highest BCUT2D eigenvalue weighted by Gasteiger charge is 2.22. The predicted octanol–water partition coefficient (Wildman–Crippen LogP) is 11.1. The summed E-state index contributed by atoms with van der Waals surface area (Å²) in [6.45, 7) is 0. The van der Waals surface area contributed by atoms with Crippen LogP contribution in [0.3, 0.4) is 0 Å². The molecular weight excluding hydrogens is 563 g/mol. The van der Waals surface area contributed by atoms with E-state index in [9.17, 15) is 0 Å². The summed E-state index contributed by atoms with van der Waals surface area (Å²) in [7, 11) is 0. The Morgan fingerprint density at radius 3 is 1.74 bits per heavy atom. The van der Waals surface area contributed by atoms with Crippen LogP contribution in [0, 0.1) is 0 Å². The Labute approximate surface area is 253 Å². The number of benzene rings is 5. The molecule has 0 atom stereocenters. The molecule has 5 aromatic carbocycles. The number of thiophene rings is 2. The van der Waals surface area contributed by atoms with E-state index >= 15 is 0 Å². The van der Waals surface area contributed by atoms with Gasteiger partial charge in [0.1, 0.15) is 5.82 Å². The third kappa shape index (κ3) is 3.35. The Bertz CT molecular complexity index is 2660. The maximum atomic E-state index is 5.41. The summed E-state index contributed by atoms with van der Waals surface area (Å²) in [4.78, 5) is 10.7. The van der Waals surface area contributed by atoms with Crippen LogP contribution < -0.4 is 0 Å². The van der Waals surface area contributed by atoms with Crippen molar-refractivity contribution in [1.82, 2.24) is 14.5 Å². The molecule has 10 rings (SSSR count). The number of fused-ring (bicyclic) bond motifs is 11. The lowest BCUT2D eigenvalue weighted by Crippen LogP contribution is -1.98. The summed E-state index contributed by atoms with van der Waals surface area (Å²) in [5, 5.41) is 7.16. The van der Waals surface area contributed by atoms with Gasteiger partial charge < -0.3 is 0 Å². The van der Waals surface area contributed by atoms with E-state index in [4.69, 9.17) is 9.97 Å². The van der Waals surface area contributed by atoms with E-state index in [1.54, 1.807) is 0 Å². The van der Waals surface area contributed by atoms with Crippen molar-refractivity contribution in [2.24, 2.45) is 0 Å². The van der Waals surface area contributed by atoms with E-state index in [0.29, 0.717) is 0 Å². The molecule has 5 heteroatoms. The fourth-order valence-corrected chi connectivity index (χ4v) is 9.05. The smallest absolute Gasteiger partial charge is 0.138 e. The third-order valence-electron chi connectivity index (χ3n) is 8.57. The zero-order valence-electron chi connectivity index (χ0n) is 22.8. The second kappa shape index (κ2) is 8.71. The van der Waals surface area contributed by atoms with Crippen molar-refractivity contribution >= 4 is 95.9 Å². The van der Waals surface area contributed by atoms with Gasteiger partial charge in [-0.25, -0.2) is 9.97 Å². The first kappa shape index (κ1) is 23.5. The largest absolute Gasteiger partial charge is 0.291 e. The maximum absolute atomic E-state index is 5.41. The average Bonchev–Trinajstić information content (AvgIpc) is 3.72. The molecule has 43 heavy (non-hydrogen) atoms. The van der Waals surface area contributed by atoms with Crippen molar-refractivity contribution in [3.63, 3.8) is 0 Å². The molecule has 0 radical (unpaired) electrons. The van der Waals surface area contributed by atoms with Gasteiger partial charge in [-0.2, -0.15) is 0 Å². The standard InChI is InChI=1S/C38H21N3S2/c1-2-8-25-21-26(16-13-22(25)7-1)29-19-17-23-14-15-24-18-20-32(40-34(24)33(23)39-29)41-35-27-9-3-5-11-30(27)42-37(35)38-36(41)28-10-4-6-12-31(28)43-38/h1-21H. The molecule has 0 saturated heterocycles. The van der Waals surface area contributed by atoms with E-state index in [-0.39, 0.29) is 0 Å². The van der Waals surface area contributed by atoms with Crippen molar-refractivity contribution in [2.75, 3.05) is 0 Å². The summed E-state index contributed by atoms with van der Waals surface area (Å²) < 4.78 is 7.65. The van der Waals surface area contributed by atoms with Crippen LogP contribution in [0.25, 0.3) is 90.3 Å². The molecule has 0 aliphatic rings. The topological polar surface area (TPSA) is 30.7 Å². The quantitative estimate of drug-likeness (QED) is 0.190. The van der Waals surface area contributed by atoms with Gasteiger partial charge in [-0.15, -0.1) is 22.7 Å². The van der Waals surface area contributed by atoms with Crippen molar-refractivity contribution in [3.8, 4) is 17.1 Å². The minimum atomic E-state index is 0.921. The Morgan fingerprint density at radius 2 is 1.02 bits per heavy atom. The monoisotopic (exact) mass is 583 g/mol. The first-order chi connectivity index (χ1) is 21.3. The first-order valence-electron chi connectivity index (χ1n) is 14.3. The Hall–Kier alpha value is -5.10. The number of pyridine rings is 2. The number of hydrogen-bond acceptors (Lipinski definition) is 4. The van der Waals surface area contributed by atoms with Crippen molar-refractivity contribution in [3.05, 3.63) is 127 Å². The molecule has 0 aliphatic carbocycles. The molecule has 5 heterocycles. The summed E-state index contributed by atoms with van der Waals surface area (Å²) in [5.41, 5.74) is 6.39. The van der Waals surface area contributed by atoms with Crippen LogP contribution in [0.1, 0.15) is 0 Å². The van der Waals surface area contributed by atoms with Crippen LogP contribution in [-0.2, 0) is 0 Å². The highest BCUT2D eigenvalue weighted by atomic mass is 32.1. The molecule has 5 aromatic heterocycles. The van der Waals surface area contributed by atoms with Crippen LogP contribution in [-0.4, -0.2) is 14.5 Å². The predicted molar refractivity (Wildman–Crippen MR) is 185 cm³/mol. The van der Waals surface area contributed by atoms with E-state index in [1.165, 1.54) is 51.4 Å². The number of nitrogens with zero attached hydrogens (tertiary/aromatic N) is 3. The molecule has 0 aliphatic heterocycles. The SMILES string of the molecule is c1ccc2cc(-c3ccc4ccc5ccc(-n6c7c8ccccc8sc7c7sc8ccccc8c76)nc5c4n3)ccc2c1. The molecule has 200 valence electrons. The highest BCUT2D eigenvalue weighted by Crippen LogP contribution is 2.47. The number of rotatable bonds is 2. The average molecular weight is 584 g/mol. The molecule has 3 nitrogen and oxygen atoms in total. The molecule has 0 fully saturated rings. The van der Waals surface area contributed by atoms with Crippen molar-refractivity contribution in [2.45, 2.75) is 0 Å². The summed E-state index contributed by atoms with van der Waals surface area (Å²) >= 11 is 3.76. The van der Waals surface area contributed by atoms with Gasteiger partial charge in [-0.05, 0) is 47.2 Å². The Kier molecular flexibility index (Phi) is 4.75. The van der Waals surface area contributed by atoms with Crippen LogP contribution in [0.5, 0.6) is 0 Å². The zero-order chi connectivity index (χ0) is 28.1. The van der Waals surface area contributed by atoms with Gasteiger partial charge in [0.2, 0.25) is 0 Å². The van der Waals surface area contributed by atoms with Crippen molar-refractivity contribution in [1.29, 1.82) is 0 Å². The van der Waals surface area contributed by atoms with Gasteiger partial charge in [0.15, 0.2) is 0 Å². The van der Waals surface area contributed by atoms with Crippen LogP contribution in [0.2, 0.25) is 0 Å². The fourth-order valence-electron chi connectivity index (χ4n) is 6.55. The van der Waals surface area contributed by atoms with E-state index in [0.717, 1.165) is 38.9 Å². The summed E-state index contributed by atoms with van der Waals surface area (Å²) in [6, 6.07) is 45.5. The third-order valence-corrected chi connectivity index (χ3v) is 11.1. The molecule has 0 amide bonds. The molecule has 0 saturated carbocycles. The fraction of sp³-hybridized carbons (Fsp3) is 0. The van der Waals surface area contributed by atoms with Gasteiger partial charge in [-0.1, -0.05) is 91.0 Å². The molecule has 0 spiro atoms. The van der Waals surface area contributed by atoms with Gasteiger partial charge in [0.25, 0.3) is 0 Å². The summed E-state index contributed by atoms with van der Waals surface area (Å²) in [6.07, 6.45) is 0. The zero-order valence-corrected chi connectivity index (χ0v) is 24.4. The molecule has 0 bridgehead atoms. The second-order valence-corrected chi connectivity index (χ2v) is 13.1. The summed E-state index contributed by atoms with van der Waals surface area (Å²) in [5.74, 6) is 0.921. The van der Waals surface area contributed by atoms with Gasteiger partial charge in [-0.3, -0.25) is 4.57 Å². The lowest BCUT2D eigenvalue weighted by atomic mass is 10.0. The van der Waals surface area contributed by atoms with E-state index in [2.05, 4.69) is 132 Å². The maximum Gasteiger partial charge on any atom is 0.138 e. The van der Waals surface area contributed by atoms with Gasteiger partial charge >= 0.3 is 0 Å². The van der Waals surface area contributed by atoms with E-state index in [1.807, 2.05) is 22.7 Å². The molecular formula is C38H21N3S2. The minimum Gasteiger partial charge on any atom is -0.291 e. The molecule has 0 N–H and O–H groups in total. The minimum absolute atomic E-state index is 0.921. The van der Waals surface area contributed by atoms with Crippen LogP contribution in [0.4, 0.5) is 0 Å². The Morgan fingerprint density at radius 1 is 0.465 bits per heavy atom. The first-order valence-corrected chi connectivity index (χ1v) is 16.0. The van der Waals surface area contributed by atoms with Gasteiger partial charge in [0.05, 0.1) is 37.2 Å². The Balaban J connectivity index is 1.27. The van der Waals surface area contributed by atoms with Crippen LogP contribution >= 0.6 is 22.7 Å². The lowest BCUT2D eigenvalue weighted by Gasteiger charge is -2.11. The highest BCUT2D eigenvalue weighted by molar-refractivity contribution is 7.33. The number of hydrogen-bond donors (Lipinski definition) is 0. The second-order valence-electron chi connectivity index (χ2n) is 11.0. The van der Waals surface area contributed by atoms with Crippen LogP contribution in [0.15, 0.2) is 127 Å². The molecule has 10 aromatic rings. The molecule has 0 unspecified atom stereocenters. The lowest BCUT2D eigenvalue weighted by molar-refractivity contribution is 1.11.